The van der Waals surface area contributed by atoms with Gasteiger partial charge in [-0.15, -0.1) is 11.8 Å². The highest BCUT2D eigenvalue weighted by Gasteiger charge is 2.14. The zero-order chi connectivity index (χ0) is 17.7. The minimum atomic E-state index is -3.70. The maximum Gasteiger partial charge on any atom is 0.238 e. The average molecular weight is 429 g/mol. The monoisotopic (exact) mass is 428 g/mol. The number of nitrogens with two attached hydrogens (primary N) is 1. The molecule has 0 aromatic heterocycles. The Morgan fingerprint density at radius 1 is 1.17 bits per heavy atom. The molecule has 0 spiro atoms. The minimum Gasteiger partial charge on any atom is -0.351 e. The van der Waals surface area contributed by atoms with Gasteiger partial charge in [-0.2, -0.15) is 0 Å². The van der Waals surface area contributed by atoms with Crippen LogP contribution in [-0.4, -0.2) is 19.6 Å². The van der Waals surface area contributed by atoms with Gasteiger partial charge in [-0.1, -0.05) is 28.1 Å². The van der Waals surface area contributed by atoms with Crippen molar-refractivity contribution in [3.63, 3.8) is 0 Å². The average Bonchev–Trinajstić information content (AvgIpc) is 2.54. The van der Waals surface area contributed by atoms with E-state index < -0.39 is 10.0 Å². The third kappa shape index (κ3) is 5.62. The molecule has 2 rings (SSSR count). The number of benzene rings is 2. The number of carbonyl (C=O) groups excluding carboxylic acids is 1. The highest BCUT2D eigenvalue weighted by molar-refractivity contribution is 9.10. The van der Waals surface area contributed by atoms with Crippen LogP contribution in [0.4, 0.5) is 0 Å². The van der Waals surface area contributed by atoms with Crippen molar-refractivity contribution < 1.29 is 13.2 Å². The van der Waals surface area contributed by atoms with Crippen LogP contribution in [0.2, 0.25) is 0 Å². The van der Waals surface area contributed by atoms with Crippen molar-refractivity contribution in [1.82, 2.24) is 5.32 Å². The van der Waals surface area contributed by atoms with Crippen LogP contribution in [0.1, 0.15) is 12.5 Å². The first-order valence-corrected chi connectivity index (χ1v) is 10.3. The summed E-state index contributed by atoms with van der Waals surface area (Å²) in [6, 6.07) is 13.9. The van der Waals surface area contributed by atoms with E-state index in [2.05, 4.69) is 21.2 Å². The smallest absolute Gasteiger partial charge is 0.238 e. The first-order valence-electron chi connectivity index (χ1n) is 7.07. The largest absolute Gasteiger partial charge is 0.351 e. The summed E-state index contributed by atoms with van der Waals surface area (Å²) in [5.74, 6) is -0.0848. The highest BCUT2D eigenvalue weighted by atomic mass is 79.9. The van der Waals surface area contributed by atoms with Crippen molar-refractivity contribution >= 4 is 43.6 Å². The minimum absolute atomic E-state index is 0.0525. The van der Waals surface area contributed by atoms with Gasteiger partial charge >= 0.3 is 0 Å². The molecule has 2 aromatic carbocycles. The summed E-state index contributed by atoms with van der Waals surface area (Å²) in [7, 11) is -3.70. The molecule has 0 bridgehead atoms. The van der Waals surface area contributed by atoms with Crippen molar-refractivity contribution in [2.45, 2.75) is 28.5 Å². The molecular weight excluding hydrogens is 412 g/mol. The van der Waals surface area contributed by atoms with E-state index in [1.54, 1.807) is 12.1 Å². The van der Waals surface area contributed by atoms with E-state index >= 15 is 0 Å². The van der Waals surface area contributed by atoms with E-state index in [0.29, 0.717) is 6.54 Å². The summed E-state index contributed by atoms with van der Waals surface area (Å²) >= 11 is 4.85. The second-order valence-corrected chi connectivity index (χ2v) is 9.01. The molecule has 0 heterocycles. The summed E-state index contributed by atoms with van der Waals surface area (Å²) < 4.78 is 23.4. The van der Waals surface area contributed by atoms with E-state index in [0.717, 1.165) is 14.9 Å². The first-order chi connectivity index (χ1) is 11.3. The van der Waals surface area contributed by atoms with Crippen molar-refractivity contribution in [3.8, 4) is 0 Å². The molecule has 0 fully saturated rings. The molecule has 2 aromatic rings. The summed E-state index contributed by atoms with van der Waals surface area (Å²) in [5.41, 5.74) is 0.802. The van der Waals surface area contributed by atoms with Crippen molar-refractivity contribution in [3.05, 3.63) is 58.6 Å². The molecular formula is C16H17BrN2O3S2. The fraction of sp³-hybridized carbons (Fsp3) is 0.188. The van der Waals surface area contributed by atoms with Gasteiger partial charge in [-0.25, -0.2) is 13.6 Å². The van der Waals surface area contributed by atoms with Gasteiger partial charge in [0.2, 0.25) is 15.9 Å². The van der Waals surface area contributed by atoms with Gasteiger partial charge in [0, 0.05) is 15.9 Å². The lowest BCUT2D eigenvalue weighted by atomic mass is 10.2. The van der Waals surface area contributed by atoms with Gasteiger partial charge in [0.05, 0.1) is 10.1 Å². The molecule has 1 unspecified atom stereocenters. The molecule has 0 saturated heterocycles. The number of thioether (sulfide) groups is 1. The normalized spacial score (nSPS) is 12.6. The quantitative estimate of drug-likeness (QED) is 0.692. The Kier molecular flexibility index (Phi) is 6.45. The lowest BCUT2D eigenvalue weighted by Gasteiger charge is -2.12. The maximum atomic E-state index is 12.2. The molecule has 0 aliphatic carbocycles. The summed E-state index contributed by atoms with van der Waals surface area (Å²) in [4.78, 5) is 13.2. The Bertz CT molecular complexity index is 806. The molecule has 8 heteroatoms. The molecule has 0 aliphatic heterocycles. The van der Waals surface area contributed by atoms with Crippen LogP contribution in [0.5, 0.6) is 0 Å². The molecule has 1 atom stereocenters. The van der Waals surface area contributed by atoms with Gasteiger partial charge in [0.1, 0.15) is 0 Å². The molecule has 0 radical (unpaired) electrons. The third-order valence-electron chi connectivity index (χ3n) is 3.21. The number of carbonyl (C=O) groups is 1. The number of hydrogen-bond acceptors (Lipinski definition) is 4. The number of rotatable bonds is 6. The molecule has 0 saturated carbocycles. The number of halogens is 1. The van der Waals surface area contributed by atoms with Crippen LogP contribution in [-0.2, 0) is 21.4 Å². The highest BCUT2D eigenvalue weighted by Crippen LogP contribution is 2.25. The van der Waals surface area contributed by atoms with E-state index in [9.17, 15) is 13.2 Å². The van der Waals surface area contributed by atoms with Crippen LogP contribution >= 0.6 is 27.7 Å². The lowest BCUT2D eigenvalue weighted by molar-refractivity contribution is -0.120. The lowest BCUT2D eigenvalue weighted by Crippen LogP contribution is -2.30. The van der Waals surface area contributed by atoms with Crippen molar-refractivity contribution in [2.75, 3.05) is 0 Å². The van der Waals surface area contributed by atoms with Gasteiger partial charge in [0.15, 0.2) is 0 Å². The number of nitrogens with one attached hydrogen (secondary N) is 1. The maximum absolute atomic E-state index is 12.2. The number of hydrogen-bond donors (Lipinski definition) is 2. The van der Waals surface area contributed by atoms with E-state index in [1.807, 2.05) is 31.2 Å². The Hall–Kier alpha value is -1.35. The second kappa shape index (κ2) is 8.15. The van der Waals surface area contributed by atoms with Crippen LogP contribution in [0.3, 0.4) is 0 Å². The summed E-state index contributed by atoms with van der Waals surface area (Å²) in [6.07, 6.45) is 0. The van der Waals surface area contributed by atoms with Crippen molar-refractivity contribution in [2.24, 2.45) is 5.14 Å². The fourth-order valence-corrected chi connectivity index (χ4v) is 3.57. The van der Waals surface area contributed by atoms with Gasteiger partial charge in [-0.3, -0.25) is 4.79 Å². The van der Waals surface area contributed by atoms with E-state index in [1.165, 1.54) is 23.9 Å². The Morgan fingerprint density at radius 3 is 2.29 bits per heavy atom. The Labute approximate surface area is 154 Å². The molecule has 24 heavy (non-hydrogen) atoms. The summed E-state index contributed by atoms with van der Waals surface area (Å²) in [5, 5.41) is 7.65. The molecule has 5 nitrogen and oxygen atoms in total. The van der Waals surface area contributed by atoms with Crippen molar-refractivity contribution in [1.29, 1.82) is 0 Å². The van der Waals surface area contributed by atoms with E-state index in [4.69, 9.17) is 5.14 Å². The van der Waals surface area contributed by atoms with Crippen LogP contribution in [0.25, 0.3) is 0 Å². The Morgan fingerprint density at radius 2 is 1.75 bits per heavy atom. The Balaban J connectivity index is 1.89. The first kappa shape index (κ1) is 19.0. The van der Waals surface area contributed by atoms with E-state index in [-0.39, 0.29) is 16.1 Å². The van der Waals surface area contributed by atoms with Gasteiger partial charge < -0.3 is 5.32 Å². The SMILES string of the molecule is CC(Sc1ccc(Br)cc1)C(=O)NCc1ccc(S(N)(=O)=O)cc1. The number of primary sulfonamides is 1. The van der Waals surface area contributed by atoms with Crippen LogP contribution in [0, 0.1) is 0 Å². The third-order valence-corrected chi connectivity index (χ3v) is 5.78. The van der Waals surface area contributed by atoms with Gasteiger partial charge in [-0.05, 0) is 48.9 Å². The predicted molar refractivity (Wildman–Crippen MR) is 99.1 cm³/mol. The summed E-state index contributed by atoms with van der Waals surface area (Å²) in [6.45, 7) is 2.17. The predicted octanol–water partition coefficient (Wildman–Crippen LogP) is 2.89. The molecule has 128 valence electrons. The molecule has 3 N–H and O–H groups in total. The standard InChI is InChI=1S/C16H17BrN2O3S2/c1-11(23-14-6-4-13(17)5-7-14)16(20)19-10-12-2-8-15(9-3-12)24(18,21)22/h2-9,11H,10H2,1H3,(H,19,20)(H2,18,21,22). The second-order valence-electron chi connectivity index (χ2n) is 5.12. The zero-order valence-electron chi connectivity index (χ0n) is 12.9. The zero-order valence-corrected chi connectivity index (χ0v) is 16.1. The van der Waals surface area contributed by atoms with Crippen LogP contribution < -0.4 is 10.5 Å². The molecule has 1 amide bonds. The fourth-order valence-electron chi connectivity index (χ4n) is 1.90. The molecule has 0 aliphatic rings. The number of sulfonamides is 1. The number of amides is 1. The topological polar surface area (TPSA) is 89.3 Å². The van der Waals surface area contributed by atoms with Gasteiger partial charge in [0.25, 0.3) is 0 Å². The van der Waals surface area contributed by atoms with Crippen LogP contribution in [0.15, 0.2) is 62.8 Å².